The molecule has 1 amide bonds. The Hall–Kier alpha value is -3.20. The molecule has 0 aliphatic rings. The second kappa shape index (κ2) is 8.00. The Balaban J connectivity index is 1.55. The molecule has 0 aliphatic heterocycles. The van der Waals surface area contributed by atoms with E-state index in [9.17, 15) is 14.9 Å². The second-order valence-corrected chi connectivity index (χ2v) is 6.32. The van der Waals surface area contributed by atoms with E-state index < -0.39 is 4.92 Å². The van der Waals surface area contributed by atoms with Gasteiger partial charge in [0, 0.05) is 17.6 Å². The van der Waals surface area contributed by atoms with Gasteiger partial charge in [0.2, 0.25) is 5.91 Å². The predicted molar refractivity (Wildman–Crippen MR) is 99.6 cm³/mol. The molecule has 0 radical (unpaired) electrons. The van der Waals surface area contributed by atoms with Gasteiger partial charge in [0.05, 0.1) is 29.9 Å². The fourth-order valence-corrected chi connectivity index (χ4v) is 2.78. The number of nitro groups is 1. The lowest BCUT2D eigenvalue weighted by molar-refractivity contribution is -0.385. The van der Waals surface area contributed by atoms with E-state index in [4.69, 9.17) is 11.6 Å². The molecule has 10 heteroatoms. The summed E-state index contributed by atoms with van der Waals surface area (Å²) in [5, 5.41) is 22.4. The molecule has 0 saturated heterocycles. The molecule has 140 valence electrons. The monoisotopic (exact) mass is 388 g/mol. The Morgan fingerprint density at radius 3 is 2.78 bits per heavy atom. The normalized spacial score (nSPS) is 10.7. The number of hydrogen-bond donors (Lipinski definition) is 1. The van der Waals surface area contributed by atoms with E-state index in [1.807, 2.05) is 24.3 Å². The first kappa shape index (κ1) is 18.6. The van der Waals surface area contributed by atoms with Gasteiger partial charge in [-0.15, -0.1) is 0 Å². The molecule has 9 nitrogen and oxygen atoms in total. The van der Waals surface area contributed by atoms with Gasteiger partial charge in [-0.3, -0.25) is 24.3 Å². The van der Waals surface area contributed by atoms with Gasteiger partial charge in [0.25, 0.3) is 0 Å². The standard InChI is InChI=1S/C17H17ClN6O3/c1-12-16(24(26)27)9-20-23(12)7-6-17(25)21-14-8-19-22(11-14)10-13-4-2-3-5-15(13)18/h2-5,8-9,11H,6-7,10H2,1H3,(H,21,25). The molecular weight excluding hydrogens is 372 g/mol. The van der Waals surface area contributed by atoms with E-state index in [0.717, 1.165) is 5.56 Å². The van der Waals surface area contributed by atoms with Crippen LogP contribution in [0.2, 0.25) is 5.02 Å². The van der Waals surface area contributed by atoms with Crippen LogP contribution in [0.5, 0.6) is 0 Å². The number of nitrogens with zero attached hydrogens (tertiary/aromatic N) is 5. The Bertz CT molecular complexity index is 981. The van der Waals surface area contributed by atoms with E-state index in [1.54, 1.807) is 24.0 Å². The van der Waals surface area contributed by atoms with Gasteiger partial charge in [-0.1, -0.05) is 29.8 Å². The second-order valence-electron chi connectivity index (χ2n) is 5.91. The van der Waals surface area contributed by atoms with E-state index in [1.165, 1.54) is 10.9 Å². The number of aryl methyl sites for hydroxylation is 1. The molecule has 0 aliphatic carbocycles. The Labute approximate surface area is 159 Å². The molecule has 27 heavy (non-hydrogen) atoms. The Kier molecular flexibility index (Phi) is 5.51. The van der Waals surface area contributed by atoms with Gasteiger partial charge in [-0.05, 0) is 18.6 Å². The molecule has 3 aromatic rings. The maximum atomic E-state index is 12.1. The van der Waals surface area contributed by atoms with Crippen molar-refractivity contribution in [1.29, 1.82) is 0 Å². The van der Waals surface area contributed by atoms with Crippen LogP contribution < -0.4 is 5.32 Å². The van der Waals surface area contributed by atoms with Crippen molar-refractivity contribution < 1.29 is 9.72 Å². The van der Waals surface area contributed by atoms with Crippen molar-refractivity contribution in [2.45, 2.75) is 26.4 Å². The van der Waals surface area contributed by atoms with Crippen molar-refractivity contribution in [3.05, 3.63) is 69.3 Å². The van der Waals surface area contributed by atoms with Crippen LogP contribution in [0.4, 0.5) is 11.4 Å². The number of carbonyl (C=O) groups excluding carboxylic acids is 1. The molecule has 0 unspecified atom stereocenters. The fourth-order valence-electron chi connectivity index (χ4n) is 2.59. The Morgan fingerprint density at radius 1 is 1.30 bits per heavy atom. The summed E-state index contributed by atoms with van der Waals surface area (Å²) in [6.07, 6.45) is 4.59. The number of rotatable bonds is 7. The van der Waals surface area contributed by atoms with Gasteiger partial charge in [-0.25, -0.2) is 0 Å². The third-order valence-electron chi connectivity index (χ3n) is 4.03. The van der Waals surface area contributed by atoms with Crippen LogP contribution in [0, 0.1) is 17.0 Å². The lowest BCUT2D eigenvalue weighted by atomic mass is 10.2. The van der Waals surface area contributed by atoms with E-state index >= 15 is 0 Å². The van der Waals surface area contributed by atoms with Gasteiger partial charge in [0.1, 0.15) is 11.9 Å². The van der Waals surface area contributed by atoms with Crippen molar-refractivity contribution in [3.63, 3.8) is 0 Å². The number of aromatic nitrogens is 4. The molecule has 0 fully saturated rings. The number of carbonyl (C=O) groups is 1. The third kappa shape index (κ3) is 4.50. The summed E-state index contributed by atoms with van der Waals surface area (Å²) >= 11 is 6.14. The van der Waals surface area contributed by atoms with Crippen LogP contribution >= 0.6 is 11.6 Å². The highest BCUT2D eigenvalue weighted by Crippen LogP contribution is 2.18. The largest absolute Gasteiger partial charge is 0.323 e. The first-order valence-electron chi connectivity index (χ1n) is 8.16. The number of amides is 1. The highest BCUT2D eigenvalue weighted by atomic mass is 35.5. The molecule has 0 spiro atoms. The maximum absolute atomic E-state index is 12.1. The minimum Gasteiger partial charge on any atom is -0.323 e. The van der Waals surface area contributed by atoms with Gasteiger partial charge in [-0.2, -0.15) is 10.2 Å². The molecular formula is C17H17ClN6O3. The average Bonchev–Trinajstić information content (AvgIpc) is 3.21. The smallest absolute Gasteiger partial charge is 0.309 e. The van der Waals surface area contributed by atoms with E-state index in [0.29, 0.717) is 22.9 Å². The zero-order chi connectivity index (χ0) is 19.4. The van der Waals surface area contributed by atoms with Crippen molar-refractivity contribution in [1.82, 2.24) is 19.6 Å². The first-order valence-corrected chi connectivity index (χ1v) is 8.54. The van der Waals surface area contributed by atoms with Crippen LogP contribution in [-0.4, -0.2) is 30.4 Å². The quantitative estimate of drug-likeness (QED) is 0.494. The molecule has 0 saturated carbocycles. The molecule has 1 aromatic carbocycles. The zero-order valence-electron chi connectivity index (χ0n) is 14.5. The number of anilines is 1. The highest BCUT2D eigenvalue weighted by Gasteiger charge is 2.16. The summed E-state index contributed by atoms with van der Waals surface area (Å²) in [4.78, 5) is 22.4. The summed E-state index contributed by atoms with van der Waals surface area (Å²) < 4.78 is 3.12. The van der Waals surface area contributed by atoms with Crippen LogP contribution in [-0.2, 0) is 17.9 Å². The van der Waals surface area contributed by atoms with Crippen LogP contribution in [0.3, 0.4) is 0 Å². The first-order chi connectivity index (χ1) is 12.9. The predicted octanol–water partition coefficient (Wildman–Crippen LogP) is 3.03. The van der Waals surface area contributed by atoms with Gasteiger partial charge < -0.3 is 5.32 Å². The topological polar surface area (TPSA) is 108 Å². The average molecular weight is 389 g/mol. The Morgan fingerprint density at radius 2 is 2.07 bits per heavy atom. The number of nitrogens with one attached hydrogen (secondary N) is 1. The minimum absolute atomic E-state index is 0.0590. The van der Waals surface area contributed by atoms with E-state index in [-0.39, 0.29) is 24.6 Å². The van der Waals surface area contributed by atoms with Gasteiger partial charge in [0.15, 0.2) is 0 Å². The molecule has 2 heterocycles. The van der Waals surface area contributed by atoms with Crippen molar-refractivity contribution in [2.75, 3.05) is 5.32 Å². The number of hydrogen-bond acceptors (Lipinski definition) is 5. The van der Waals surface area contributed by atoms with Crippen molar-refractivity contribution >= 4 is 28.9 Å². The molecule has 1 N–H and O–H groups in total. The number of benzene rings is 1. The minimum atomic E-state index is -0.494. The lowest BCUT2D eigenvalue weighted by Gasteiger charge is -2.05. The van der Waals surface area contributed by atoms with Crippen LogP contribution in [0.1, 0.15) is 17.7 Å². The third-order valence-corrected chi connectivity index (χ3v) is 4.40. The number of halogens is 1. The van der Waals surface area contributed by atoms with Crippen LogP contribution in [0.25, 0.3) is 0 Å². The summed E-state index contributed by atoms with van der Waals surface area (Å²) in [5.74, 6) is -0.232. The van der Waals surface area contributed by atoms with Crippen molar-refractivity contribution in [3.8, 4) is 0 Å². The molecule has 0 atom stereocenters. The molecule has 0 bridgehead atoms. The summed E-state index contributed by atoms with van der Waals surface area (Å²) in [6, 6.07) is 7.48. The summed E-state index contributed by atoms with van der Waals surface area (Å²) in [6.45, 7) is 2.34. The zero-order valence-corrected chi connectivity index (χ0v) is 15.3. The van der Waals surface area contributed by atoms with Gasteiger partial charge >= 0.3 is 5.69 Å². The SMILES string of the molecule is Cc1c([N+](=O)[O-])cnn1CCC(=O)Nc1cnn(Cc2ccccc2Cl)c1. The van der Waals surface area contributed by atoms with Crippen molar-refractivity contribution in [2.24, 2.45) is 0 Å². The van der Waals surface area contributed by atoms with Crippen LogP contribution in [0.15, 0.2) is 42.9 Å². The summed E-state index contributed by atoms with van der Waals surface area (Å²) in [5.41, 5.74) is 1.85. The molecule has 3 rings (SSSR count). The van der Waals surface area contributed by atoms with E-state index in [2.05, 4.69) is 15.5 Å². The highest BCUT2D eigenvalue weighted by molar-refractivity contribution is 6.31. The fraction of sp³-hybridized carbons (Fsp3) is 0.235. The molecule has 2 aromatic heterocycles. The lowest BCUT2D eigenvalue weighted by Crippen LogP contribution is -2.15. The maximum Gasteiger partial charge on any atom is 0.309 e. The summed E-state index contributed by atoms with van der Waals surface area (Å²) in [7, 11) is 0.